The largest absolute Gasteiger partial charge is 0.326 e. The van der Waals surface area contributed by atoms with E-state index in [0.717, 1.165) is 21.8 Å². The molecule has 7 heteroatoms. The van der Waals surface area contributed by atoms with Gasteiger partial charge in [0.15, 0.2) is 4.32 Å². The van der Waals surface area contributed by atoms with Crippen molar-refractivity contribution >= 4 is 69.3 Å². The minimum Gasteiger partial charge on any atom is -0.326 e. The molecular weight excluding hydrogens is 384 g/mol. The van der Waals surface area contributed by atoms with Crippen LogP contribution in [0.25, 0.3) is 6.08 Å². The molecule has 0 saturated carbocycles. The number of thiocarbonyl (C=S) groups is 1. The highest BCUT2D eigenvalue weighted by Crippen LogP contribution is 2.37. The first kappa shape index (κ1) is 18.7. The molecule has 0 aliphatic carbocycles. The molecule has 2 amide bonds. The number of carbonyl (C=O) groups excluding carboxylic acids is 2. The maximum Gasteiger partial charge on any atom is 0.270 e. The Kier molecular flexibility index (Phi) is 5.80. The maximum absolute atomic E-state index is 12.8. The van der Waals surface area contributed by atoms with Gasteiger partial charge in [0.05, 0.1) is 10.6 Å². The molecule has 0 spiro atoms. The summed E-state index contributed by atoms with van der Waals surface area (Å²) in [4.78, 5) is 27.1. The molecule has 1 N–H and O–H groups in total. The van der Waals surface area contributed by atoms with Crippen molar-refractivity contribution in [3.8, 4) is 0 Å². The van der Waals surface area contributed by atoms with Crippen LogP contribution in [-0.4, -0.2) is 22.4 Å². The normalized spacial score (nSPS) is 15.6. The average molecular weight is 401 g/mol. The van der Waals surface area contributed by atoms with Gasteiger partial charge in [-0.3, -0.25) is 14.5 Å². The number of thioether (sulfide) groups is 2. The Balaban J connectivity index is 1.83. The lowest BCUT2D eigenvalue weighted by Gasteiger charge is -2.15. The first-order valence-corrected chi connectivity index (χ1v) is 10.2. The molecule has 1 saturated heterocycles. The van der Waals surface area contributed by atoms with E-state index in [-0.39, 0.29) is 11.8 Å². The van der Waals surface area contributed by atoms with E-state index in [1.165, 1.54) is 18.7 Å². The molecule has 0 aromatic heterocycles. The minimum atomic E-state index is -0.121. The number of amides is 2. The third kappa shape index (κ3) is 4.17. The fourth-order valence-electron chi connectivity index (χ4n) is 2.46. The van der Waals surface area contributed by atoms with Gasteiger partial charge in [-0.15, -0.1) is 11.8 Å². The van der Waals surface area contributed by atoms with Crippen LogP contribution in [-0.2, 0) is 9.59 Å². The monoisotopic (exact) mass is 400 g/mol. The van der Waals surface area contributed by atoms with Gasteiger partial charge in [-0.05, 0) is 48.2 Å². The Labute approximate surface area is 166 Å². The number of anilines is 2. The molecule has 1 aliphatic heterocycles. The van der Waals surface area contributed by atoms with Gasteiger partial charge in [0.25, 0.3) is 5.91 Å². The summed E-state index contributed by atoms with van der Waals surface area (Å²) >= 11 is 8.33. The first-order valence-electron chi connectivity index (χ1n) is 7.77. The summed E-state index contributed by atoms with van der Waals surface area (Å²) in [6, 6.07) is 15.1. The quantitative estimate of drug-likeness (QED) is 0.455. The second kappa shape index (κ2) is 8.07. The van der Waals surface area contributed by atoms with Gasteiger partial charge in [-0.25, -0.2) is 0 Å². The van der Waals surface area contributed by atoms with E-state index in [2.05, 4.69) is 5.32 Å². The lowest BCUT2D eigenvalue weighted by Crippen LogP contribution is -2.27. The van der Waals surface area contributed by atoms with E-state index in [1.54, 1.807) is 28.8 Å². The molecule has 2 aromatic rings. The molecule has 1 aliphatic rings. The molecule has 26 heavy (non-hydrogen) atoms. The second-order valence-electron chi connectivity index (χ2n) is 5.52. The van der Waals surface area contributed by atoms with Crippen molar-refractivity contribution in [1.29, 1.82) is 0 Å². The molecule has 4 nitrogen and oxygen atoms in total. The summed E-state index contributed by atoms with van der Waals surface area (Å²) in [7, 11) is 0. The van der Waals surface area contributed by atoms with Gasteiger partial charge in [-0.2, -0.15) is 0 Å². The summed E-state index contributed by atoms with van der Waals surface area (Å²) in [5, 5.41) is 2.72. The van der Waals surface area contributed by atoms with Crippen molar-refractivity contribution in [2.75, 3.05) is 16.5 Å². The molecule has 3 rings (SSSR count). The van der Waals surface area contributed by atoms with E-state index in [4.69, 9.17) is 12.2 Å². The Bertz CT molecular complexity index is 907. The fraction of sp³-hybridized carbons (Fsp3) is 0.105. The molecule has 2 aromatic carbocycles. The summed E-state index contributed by atoms with van der Waals surface area (Å²) in [5.74, 6) is -0.240. The second-order valence-corrected chi connectivity index (χ2v) is 8.08. The van der Waals surface area contributed by atoms with Crippen molar-refractivity contribution in [1.82, 2.24) is 0 Å². The van der Waals surface area contributed by atoms with Crippen LogP contribution in [0, 0.1) is 0 Å². The van der Waals surface area contributed by atoms with Crippen molar-refractivity contribution in [2.45, 2.75) is 11.8 Å². The summed E-state index contributed by atoms with van der Waals surface area (Å²) in [6.45, 7) is 1.46. The van der Waals surface area contributed by atoms with Gasteiger partial charge in [0, 0.05) is 17.5 Å². The van der Waals surface area contributed by atoms with Crippen LogP contribution in [0.3, 0.4) is 0 Å². The molecule has 1 heterocycles. The van der Waals surface area contributed by atoms with Crippen LogP contribution in [0.2, 0.25) is 0 Å². The van der Waals surface area contributed by atoms with Crippen LogP contribution >= 0.6 is 35.7 Å². The summed E-state index contributed by atoms with van der Waals surface area (Å²) < 4.78 is 0.523. The topological polar surface area (TPSA) is 49.4 Å². The third-order valence-electron chi connectivity index (χ3n) is 3.63. The highest BCUT2D eigenvalue weighted by atomic mass is 32.2. The average Bonchev–Trinajstić information content (AvgIpc) is 2.90. The van der Waals surface area contributed by atoms with E-state index in [0.29, 0.717) is 9.23 Å². The van der Waals surface area contributed by atoms with Crippen LogP contribution in [0.5, 0.6) is 0 Å². The molecular formula is C19H16N2O2S3. The van der Waals surface area contributed by atoms with Gasteiger partial charge >= 0.3 is 0 Å². The Morgan fingerprint density at radius 2 is 1.96 bits per heavy atom. The van der Waals surface area contributed by atoms with Crippen molar-refractivity contribution < 1.29 is 9.59 Å². The van der Waals surface area contributed by atoms with E-state index < -0.39 is 0 Å². The van der Waals surface area contributed by atoms with Gasteiger partial charge in [0.1, 0.15) is 0 Å². The van der Waals surface area contributed by atoms with Crippen LogP contribution in [0.15, 0.2) is 58.3 Å². The third-order valence-corrected chi connectivity index (χ3v) is 5.66. The number of carbonyl (C=O) groups is 2. The van der Waals surface area contributed by atoms with Crippen LogP contribution in [0.1, 0.15) is 12.5 Å². The standard InChI is InChI=1S/C19H16N2O2S3/c1-12(22)20-14-8-6-13(7-9-14)10-17-18(23)21(19(24)26-17)15-4-3-5-16(11-15)25-2/h3-11H,1-2H3,(H,20,22)/b17-10-. The first-order chi connectivity index (χ1) is 12.5. The van der Waals surface area contributed by atoms with Crippen LogP contribution in [0.4, 0.5) is 11.4 Å². The molecule has 0 bridgehead atoms. The summed E-state index contributed by atoms with van der Waals surface area (Å²) in [6.07, 6.45) is 3.81. The number of nitrogens with zero attached hydrogens (tertiary/aromatic N) is 1. The number of rotatable bonds is 4. The molecule has 0 unspecified atom stereocenters. The number of hydrogen-bond donors (Lipinski definition) is 1. The fourth-order valence-corrected chi connectivity index (χ4v) is 4.21. The van der Waals surface area contributed by atoms with E-state index in [9.17, 15) is 9.59 Å². The van der Waals surface area contributed by atoms with Crippen molar-refractivity contribution in [3.05, 3.63) is 59.0 Å². The molecule has 1 fully saturated rings. The Morgan fingerprint density at radius 3 is 2.62 bits per heavy atom. The maximum atomic E-state index is 12.8. The highest BCUT2D eigenvalue weighted by molar-refractivity contribution is 8.27. The lowest BCUT2D eigenvalue weighted by molar-refractivity contribution is -0.114. The zero-order chi connectivity index (χ0) is 18.7. The minimum absolute atomic E-state index is 0.119. The predicted molar refractivity (Wildman–Crippen MR) is 115 cm³/mol. The van der Waals surface area contributed by atoms with Gasteiger partial charge in [0.2, 0.25) is 5.91 Å². The smallest absolute Gasteiger partial charge is 0.270 e. The SMILES string of the molecule is CSc1cccc(N2C(=O)/C(=C/c3ccc(NC(C)=O)cc3)SC2=S)c1. The van der Waals surface area contributed by atoms with Crippen molar-refractivity contribution in [2.24, 2.45) is 0 Å². The molecule has 132 valence electrons. The number of benzene rings is 2. The summed E-state index contributed by atoms with van der Waals surface area (Å²) in [5.41, 5.74) is 2.37. The van der Waals surface area contributed by atoms with Crippen LogP contribution < -0.4 is 10.2 Å². The molecule has 0 radical (unpaired) electrons. The van der Waals surface area contributed by atoms with Crippen molar-refractivity contribution in [3.63, 3.8) is 0 Å². The zero-order valence-electron chi connectivity index (χ0n) is 14.2. The lowest BCUT2D eigenvalue weighted by atomic mass is 10.2. The van der Waals surface area contributed by atoms with E-state index in [1.807, 2.05) is 48.7 Å². The van der Waals surface area contributed by atoms with Gasteiger partial charge in [-0.1, -0.05) is 42.2 Å². The van der Waals surface area contributed by atoms with E-state index >= 15 is 0 Å². The number of nitrogens with one attached hydrogen (secondary N) is 1. The predicted octanol–water partition coefficient (Wildman–Crippen LogP) is 4.77. The zero-order valence-corrected chi connectivity index (χ0v) is 16.6. The Hall–Kier alpha value is -2.09. The van der Waals surface area contributed by atoms with Gasteiger partial charge < -0.3 is 5.32 Å². The Morgan fingerprint density at radius 1 is 1.23 bits per heavy atom. The number of hydrogen-bond acceptors (Lipinski definition) is 5. The highest BCUT2D eigenvalue weighted by Gasteiger charge is 2.33. The molecule has 0 atom stereocenters.